The van der Waals surface area contributed by atoms with Crippen molar-refractivity contribution in [1.82, 2.24) is 0 Å². The van der Waals surface area contributed by atoms with E-state index in [9.17, 15) is 17.6 Å². The van der Waals surface area contributed by atoms with Gasteiger partial charge in [-0.3, -0.25) is 0 Å². The minimum absolute atomic E-state index is 0.590. The Bertz CT molecular complexity index is 147. The summed E-state index contributed by atoms with van der Waals surface area (Å²) in [5, 5.41) is 8.40. The van der Waals surface area contributed by atoms with E-state index >= 15 is 0 Å². The smallest absolute Gasteiger partial charge is 0.395 e. The molecule has 5 heteroatoms. The number of rotatable bonds is 1. The van der Waals surface area contributed by atoms with Crippen molar-refractivity contribution >= 4 is 0 Å². The number of halogens is 4. The zero-order valence-electron chi connectivity index (χ0n) is 5.66. The third-order valence-electron chi connectivity index (χ3n) is 2.13. The molecule has 0 bridgehead atoms. The van der Waals surface area contributed by atoms with Crippen molar-refractivity contribution in [1.29, 1.82) is 0 Å². The van der Waals surface area contributed by atoms with E-state index in [1.54, 1.807) is 0 Å². The summed E-state index contributed by atoms with van der Waals surface area (Å²) in [5.41, 5.74) is -2.15. The Morgan fingerprint density at radius 2 is 1.82 bits per heavy atom. The Kier molecular flexibility index (Phi) is 1.86. The molecule has 1 aliphatic carbocycles. The van der Waals surface area contributed by atoms with E-state index in [0.717, 1.165) is 0 Å². The lowest BCUT2D eigenvalue weighted by atomic mass is 9.67. The first-order valence-electron chi connectivity index (χ1n) is 3.23. The minimum Gasteiger partial charge on any atom is -0.395 e. The van der Waals surface area contributed by atoms with E-state index in [1.165, 1.54) is 0 Å². The zero-order chi connectivity index (χ0) is 8.70. The van der Waals surface area contributed by atoms with Crippen molar-refractivity contribution in [3.63, 3.8) is 0 Å². The van der Waals surface area contributed by atoms with Crippen LogP contribution in [0.15, 0.2) is 0 Å². The van der Waals surface area contributed by atoms with Crippen LogP contribution < -0.4 is 0 Å². The maximum absolute atomic E-state index is 12.1. The van der Waals surface area contributed by atoms with Crippen molar-refractivity contribution in [2.75, 3.05) is 6.61 Å². The quantitative estimate of drug-likeness (QED) is 0.596. The molecule has 0 heterocycles. The van der Waals surface area contributed by atoms with Crippen LogP contribution in [0.5, 0.6) is 0 Å². The fourth-order valence-corrected chi connectivity index (χ4v) is 1.24. The molecule has 0 spiro atoms. The highest BCUT2D eigenvalue weighted by molar-refractivity contribution is 4.98. The van der Waals surface area contributed by atoms with Crippen LogP contribution in [0, 0.1) is 5.41 Å². The summed E-state index contributed by atoms with van der Waals surface area (Å²) >= 11 is 0. The maximum Gasteiger partial charge on any atom is 0.396 e. The molecule has 1 N–H and O–H groups in total. The molecule has 1 fully saturated rings. The Balaban J connectivity index is 2.65. The van der Waals surface area contributed by atoms with Crippen LogP contribution in [-0.4, -0.2) is 24.1 Å². The summed E-state index contributed by atoms with van der Waals surface area (Å²) in [4.78, 5) is 0. The molecule has 1 rings (SSSR count). The topological polar surface area (TPSA) is 20.2 Å². The molecular weight excluding hydrogens is 164 g/mol. The first-order valence-corrected chi connectivity index (χ1v) is 3.23. The molecule has 0 aliphatic heterocycles. The molecule has 1 saturated carbocycles. The van der Waals surface area contributed by atoms with Gasteiger partial charge in [0.05, 0.1) is 12.0 Å². The Morgan fingerprint density at radius 3 is 1.91 bits per heavy atom. The lowest BCUT2D eigenvalue weighted by molar-refractivity contribution is -0.275. The van der Waals surface area contributed by atoms with Crippen LogP contribution >= 0.6 is 0 Å². The molecule has 0 atom stereocenters. The molecule has 0 aromatic heterocycles. The Morgan fingerprint density at radius 1 is 1.36 bits per heavy atom. The summed E-state index contributed by atoms with van der Waals surface area (Å²) in [7, 11) is 0. The van der Waals surface area contributed by atoms with Gasteiger partial charge in [-0.05, 0) is 12.8 Å². The van der Waals surface area contributed by atoms with Crippen molar-refractivity contribution in [2.45, 2.75) is 25.2 Å². The lowest BCUT2D eigenvalue weighted by Crippen LogP contribution is -2.52. The van der Waals surface area contributed by atoms with Gasteiger partial charge in [-0.2, -0.15) is 13.2 Å². The van der Waals surface area contributed by atoms with Crippen LogP contribution in [0.2, 0.25) is 0 Å². The summed E-state index contributed by atoms with van der Waals surface area (Å²) in [6.45, 7) is -1.00. The summed E-state index contributed by atoms with van der Waals surface area (Å²) in [5.74, 6) is 0. The van der Waals surface area contributed by atoms with E-state index in [2.05, 4.69) is 0 Å². The highest BCUT2D eigenvalue weighted by Gasteiger charge is 2.62. The van der Waals surface area contributed by atoms with E-state index in [0.29, 0.717) is 0 Å². The van der Waals surface area contributed by atoms with Gasteiger partial charge < -0.3 is 5.11 Å². The molecule has 0 unspecified atom stereocenters. The van der Waals surface area contributed by atoms with Crippen LogP contribution in [0.25, 0.3) is 0 Å². The molecule has 1 nitrogen and oxygen atoms in total. The van der Waals surface area contributed by atoms with Crippen molar-refractivity contribution < 1.29 is 22.7 Å². The van der Waals surface area contributed by atoms with Crippen LogP contribution in [0.3, 0.4) is 0 Å². The van der Waals surface area contributed by atoms with Gasteiger partial charge in [0, 0.05) is 0 Å². The van der Waals surface area contributed by atoms with Gasteiger partial charge in [0.1, 0.15) is 6.17 Å². The maximum atomic E-state index is 12.1. The highest BCUT2D eigenvalue weighted by Crippen LogP contribution is 2.53. The summed E-state index contributed by atoms with van der Waals surface area (Å²) in [6, 6.07) is 0. The zero-order valence-corrected chi connectivity index (χ0v) is 5.66. The fourth-order valence-electron chi connectivity index (χ4n) is 1.24. The monoisotopic (exact) mass is 172 g/mol. The van der Waals surface area contributed by atoms with Crippen molar-refractivity contribution in [2.24, 2.45) is 5.41 Å². The number of aliphatic hydroxyl groups is 1. The average Bonchev–Trinajstić information content (AvgIpc) is 1.77. The van der Waals surface area contributed by atoms with Crippen LogP contribution in [-0.2, 0) is 0 Å². The average molecular weight is 172 g/mol. The van der Waals surface area contributed by atoms with Gasteiger partial charge in [0.25, 0.3) is 0 Å². The third-order valence-corrected chi connectivity index (χ3v) is 2.13. The molecule has 11 heavy (non-hydrogen) atoms. The Labute approximate surface area is 61.0 Å². The molecule has 0 amide bonds. The molecule has 0 saturated heterocycles. The first-order chi connectivity index (χ1) is 4.91. The normalized spacial score (nSPS) is 38.5. The predicted molar refractivity (Wildman–Crippen MR) is 29.7 cm³/mol. The molecule has 66 valence electrons. The summed E-state index contributed by atoms with van der Waals surface area (Å²) < 4.78 is 48.1. The molecule has 0 aromatic rings. The minimum atomic E-state index is -4.47. The van der Waals surface area contributed by atoms with Gasteiger partial charge in [-0.15, -0.1) is 0 Å². The largest absolute Gasteiger partial charge is 0.396 e. The SMILES string of the molecule is OCC1(C(F)(F)F)CC(F)C1. The molecule has 0 radical (unpaired) electrons. The van der Waals surface area contributed by atoms with E-state index in [1.807, 2.05) is 0 Å². The molecule has 1 aliphatic rings. The number of hydrogen-bond donors (Lipinski definition) is 1. The van der Waals surface area contributed by atoms with Crippen molar-refractivity contribution in [3.8, 4) is 0 Å². The lowest BCUT2D eigenvalue weighted by Gasteiger charge is -2.43. The van der Waals surface area contributed by atoms with Crippen LogP contribution in [0.1, 0.15) is 12.8 Å². The highest BCUT2D eigenvalue weighted by atomic mass is 19.4. The van der Waals surface area contributed by atoms with E-state index in [-0.39, 0.29) is 0 Å². The molecular formula is C6H8F4O. The fraction of sp³-hybridized carbons (Fsp3) is 1.00. The second-order valence-corrected chi connectivity index (χ2v) is 2.94. The first kappa shape index (κ1) is 8.77. The van der Waals surface area contributed by atoms with Gasteiger partial charge in [0.2, 0.25) is 0 Å². The van der Waals surface area contributed by atoms with Crippen molar-refractivity contribution in [3.05, 3.63) is 0 Å². The number of alkyl halides is 4. The third kappa shape index (κ3) is 1.21. The second kappa shape index (κ2) is 2.33. The van der Waals surface area contributed by atoms with Gasteiger partial charge in [-0.1, -0.05) is 0 Å². The number of hydrogen-bond acceptors (Lipinski definition) is 1. The number of aliphatic hydroxyl groups excluding tert-OH is 1. The predicted octanol–water partition coefficient (Wildman–Crippen LogP) is 1.66. The van der Waals surface area contributed by atoms with Gasteiger partial charge in [-0.25, -0.2) is 4.39 Å². The van der Waals surface area contributed by atoms with E-state index < -0.39 is 37.2 Å². The van der Waals surface area contributed by atoms with Gasteiger partial charge in [0.15, 0.2) is 0 Å². The van der Waals surface area contributed by atoms with E-state index in [4.69, 9.17) is 5.11 Å². The van der Waals surface area contributed by atoms with Gasteiger partial charge >= 0.3 is 6.18 Å². The second-order valence-electron chi connectivity index (χ2n) is 2.94. The molecule has 0 aromatic carbocycles. The summed E-state index contributed by atoms with van der Waals surface area (Å²) in [6.07, 6.45) is -7.05. The standard InChI is InChI=1S/C6H8F4O/c7-4-1-5(2-4,3-11)6(8,9)10/h4,11H,1-3H2. The Hall–Kier alpha value is -0.320. The van der Waals surface area contributed by atoms with Crippen LogP contribution in [0.4, 0.5) is 17.6 Å².